The van der Waals surface area contributed by atoms with Crippen molar-refractivity contribution >= 4 is 15.7 Å². The van der Waals surface area contributed by atoms with Crippen molar-refractivity contribution in [2.75, 3.05) is 25.7 Å². The molecule has 0 bridgehead atoms. The largest absolute Gasteiger partial charge is 0.493 e. The van der Waals surface area contributed by atoms with E-state index in [1.54, 1.807) is 25.3 Å². The van der Waals surface area contributed by atoms with Crippen LogP contribution in [-0.4, -0.2) is 40.1 Å². The minimum absolute atomic E-state index is 0.0469. The van der Waals surface area contributed by atoms with Crippen molar-refractivity contribution in [2.45, 2.75) is 32.0 Å². The molecule has 0 aromatic heterocycles. The summed E-state index contributed by atoms with van der Waals surface area (Å²) in [5.41, 5.74) is 2.90. The third-order valence-electron chi connectivity index (χ3n) is 5.06. The van der Waals surface area contributed by atoms with Crippen molar-refractivity contribution in [3.05, 3.63) is 59.2 Å². The maximum atomic E-state index is 12.8. The molecule has 0 radical (unpaired) electrons. The Hall–Kier alpha value is -2.58. The van der Waals surface area contributed by atoms with Gasteiger partial charge < -0.3 is 14.8 Å². The highest BCUT2D eigenvalue weighted by Gasteiger charge is 2.26. The van der Waals surface area contributed by atoms with Crippen molar-refractivity contribution in [2.24, 2.45) is 0 Å². The number of ether oxygens (including phenoxy) is 2. The summed E-state index contributed by atoms with van der Waals surface area (Å²) in [6.45, 7) is 2.99. The van der Waals surface area contributed by atoms with Gasteiger partial charge in [-0.05, 0) is 35.7 Å². The van der Waals surface area contributed by atoms with Crippen molar-refractivity contribution in [3.63, 3.8) is 0 Å². The molecule has 0 spiro atoms. The van der Waals surface area contributed by atoms with E-state index in [-0.39, 0.29) is 24.2 Å². The van der Waals surface area contributed by atoms with Crippen LogP contribution in [0.15, 0.2) is 42.5 Å². The van der Waals surface area contributed by atoms with E-state index in [1.165, 1.54) is 6.26 Å². The van der Waals surface area contributed by atoms with Gasteiger partial charge in [0.05, 0.1) is 19.5 Å². The minimum Gasteiger partial charge on any atom is -0.493 e. The summed E-state index contributed by atoms with van der Waals surface area (Å²) in [6.07, 6.45) is 0.952. The Morgan fingerprint density at radius 3 is 2.70 bits per heavy atom. The first-order valence-electron chi connectivity index (χ1n) is 9.89. The zero-order valence-electron chi connectivity index (χ0n) is 17.5. The molecule has 3 rings (SSSR count). The van der Waals surface area contributed by atoms with E-state index in [4.69, 9.17) is 9.47 Å². The van der Waals surface area contributed by atoms with Gasteiger partial charge in [0.1, 0.15) is 16.0 Å². The number of carbonyl (C=O) groups excluding carboxylic acids is 1. The van der Waals surface area contributed by atoms with Gasteiger partial charge in [-0.2, -0.15) is 0 Å². The second-order valence-corrected chi connectivity index (χ2v) is 9.60. The first kappa shape index (κ1) is 22.1. The second-order valence-electron chi connectivity index (χ2n) is 7.42. The van der Waals surface area contributed by atoms with E-state index in [9.17, 15) is 13.2 Å². The van der Waals surface area contributed by atoms with Crippen molar-refractivity contribution in [3.8, 4) is 11.5 Å². The van der Waals surface area contributed by atoms with Crippen molar-refractivity contribution in [1.29, 1.82) is 0 Å². The molecule has 162 valence electrons. The van der Waals surface area contributed by atoms with E-state index in [2.05, 4.69) is 10.6 Å². The third kappa shape index (κ3) is 5.52. The predicted molar refractivity (Wildman–Crippen MR) is 115 cm³/mol. The highest BCUT2D eigenvalue weighted by atomic mass is 32.2. The minimum atomic E-state index is -3.30. The normalized spacial score (nSPS) is 16.6. The van der Waals surface area contributed by atoms with Crippen LogP contribution in [-0.2, 0) is 21.2 Å². The number of amides is 1. The van der Waals surface area contributed by atoms with E-state index in [0.717, 1.165) is 16.7 Å². The molecular formula is C22H28N2O5S. The molecule has 0 aliphatic carbocycles. The SMILES string of the molecule is CCOc1cc(C(CC(=O)NC2NCc3ccccc32)CS(C)(=O)=O)ccc1OC. The van der Waals surface area contributed by atoms with Crippen LogP contribution < -0.4 is 20.1 Å². The maximum Gasteiger partial charge on any atom is 0.222 e. The van der Waals surface area contributed by atoms with Gasteiger partial charge in [0.2, 0.25) is 5.91 Å². The lowest BCUT2D eigenvalue weighted by molar-refractivity contribution is -0.122. The van der Waals surface area contributed by atoms with Crippen LogP contribution >= 0.6 is 0 Å². The molecule has 2 aromatic rings. The summed E-state index contributed by atoms with van der Waals surface area (Å²) >= 11 is 0. The molecule has 1 amide bonds. The lowest BCUT2D eigenvalue weighted by atomic mass is 9.96. The van der Waals surface area contributed by atoms with Gasteiger partial charge in [-0.15, -0.1) is 0 Å². The summed E-state index contributed by atoms with van der Waals surface area (Å²) < 4.78 is 35.0. The number of sulfone groups is 1. The fourth-order valence-electron chi connectivity index (χ4n) is 3.73. The van der Waals surface area contributed by atoms with Crippen LogP contribution in [0.5, 0.6) is 11.5 Å². The molecule has 0 saturated carbocycles. The first-order chi connectivity index (χ1) is 14.3. The smallest absolute Gasteiger partial charge is 0.222 e. The molecule has 1 aliphatic heterocycles. The monoisotopic (exact) mass is 432 g/mol. The molecule has 0 fully saturated rings. The van der Waals surface area contributed by atoms with Gasteiger partial charge in [0.15, 0.2) is 11.5 Å². The van der Waals surface area contributed by atoms with E-state index < -0.39 is 15.8 Å². The van der Waals surface area contributed by atoms with E-state index >= 15 is 0 Å². The topological polar surface area (TPSA) is 93.7 Å². The number of methoxy groups -OCH3 is 1. The van der Waals surface area contributed by atoms with Crippen LogP contribution in [0.2, 0.25) is 0 Å². The summed E-state index contributed by atoms with van der Waals surface area (Å²) in [6, 6.07) is 13.2. The lowest BCUT2D eigenvalue weighted by Gasteiger charge is -2.20. The van der Waals surface area contributed by atoms with Crippen LogP contribution in [0.4, 0.5) is 0 Å². The Balaban J connectivity index is 1.79. The van der Waals surface area contributed by atoms with Gasteiger partial charge in [0.25, 0.3) is 0 Å². The molecule has 1 heterocycles. The fraction of sp³-hybridized carbons (Fsp3) is 0.409. The number of carbonyl (C=O) groups is 1. The molecular weight excluding hydrogens is 404 g/mol. The predicted octanol–water partition coefficient (Wildman–Crippen LogP) is 2.53. The molecule has 2 N–H and O–H groups in total. The highest BCUT2D eigenvalue weighted by Crippen LogP contribution is 2.33. The van der Waals surface area contributed by atoms with Crippen molar-refractivity contribution in [1.82, 2.24) is 10.6 Å². The van der Waals surface area contributed by atoms with E-state index in [0.29, 0.717) is 24.7 Å². The molecule has 7 nitrogen and oxygen atoms in total. The highest BCUT2D eigenvalue weighted by molar-refractivity contribution is 7.90. The maximum absolute atomic E-state index is 12.8. The quantitative estimate of drug-likeness (QED) is 0.633. The summed E-state index contributed by atoms with van der Waals surface area (Å²) in [7, 11) is -1.75. The zero-order valence-corrected chi connectivity index (χ0v) is 18.3. The summed E-state index contributed by atoms with van der Waals surface area (Å²) in [4.78, 5) is 12.8. The second kappa shape index (κ2) is 9.49. The van der Waals surface area contributed by atoms with Gasteiger partial charge >= 0.3 is 0 Å². The van der Waals surface area contributed by atoms with Gasteiger partial charge in [-0.1, -0.05) is 30.3 Å². The Bertz CT molecular complexity index is 1010. The van der Waals surface area contributed by atoms with Crippen LogP contribution in [0.1, 0.15) is 42.1 Å². The molecule has 2 aromatic carbocycles. The molecule has 2 unspecified atom stereocenters. The number of fused-ring (bicyclic) bond motifs is 1. The average Bonchev–Trinajstić information content (AvgIpc) is 3.09. The molecule has 8 heteroatoms. The Morgan fingerprint density at radius 1 is 1.23 bits per heavy atom. The number of benzene rings is 2. The van der Waals surface area contributed by atoms with Gasteiger partial charge in [-0.25, -0.2) is 8.42 Å². The third-order valence-corrected chi connectivity index (χ3v) is 6.07. The van der Waals surface area contributed by atoms with E-state index in [1.807, 2.05) is 31.2 Å². The van der Waals surface area contributed by atoms with Crippen LogP contribution in [0, 0.1) is 0 Å². The Morgan fingerprint density at radius 2 is 2.00 bits per heavy atom. The number of rotatable bonds is 9. The first-order valence-corrected chi connectivity index (χ1v) is 12.0. The molecule has 30 heavy (non-hydrogen) atoms. The average molecular weight is 433 g/mol. The fourth-order valence-corrected chi connectivity index (χ4v) is 4.77. The molecule has 2 atom stereocenters. The zero-order chi connectivity index (χ0) is 21.7. The summed E-state index contributed by atoms with van der Waals surface area (Å²) in [5, 5.41) is 6.25. The van der Waals surface area contributed by atoms with Gasteiger partial charge in [-0.3, -0.25) is 10.1 Å². The Kier molecular flexibility index (Phi) is 6.99. The number of nitrogens with one attached hydrogen (secondary N) is 2. The van der Waals surface area contributed by atoms with Crippen LogP contribution in [0.3, 0.4) is 0 Å². The van der Waals surface area contributed by atoms with Crippen molar-refractivity contribution < 1.29 is 22.7 Å². The van der Waals surface area contributed by atoms with Crippen LogP contribution in [0.25, 0.3) is 0 Å². The number of hydrogen-bond donors (Lipinski definition) is 2. The lowest BCUT2D eigenvalue weighted by Crippen LogP contribution is -2.35. The molecule has 0 saturated heterocycles. The number of hydrogen-bond acceptors (Lipinski definition) is 6. The molecule has 1 aliphatic rings. The summed E-state index contributed by atoms with van der Waals surface area (Å²) in [5.74, 6) is 0.249. The standard InChI is InChI=1S/C22H28N2O5S/c1-4-29-20-11-15(9-10-19(20)28-2)17(14-30(3,26)27)12-21(25)24-22-18-8-6-5-7-16(18)13-23-22/h5-11,17,22-23H,4,12-14H2,1-3H3,(H,24,25). The van der Waals surface area contributed by atoms with Gasteiger partial charge in [0, 0.05) is 25.1 Å². The Labute approximate surface area is 177 Å².